The first-order valence-corrected chi connectivity index (χ1v) is 11.0. The molecule has 2 amide bonds. The molecular weight excluding hydrogens is 374 g/mol. The molecule has 160 valence electrons. The first-order chi connectivity index (χ1) is 14.6. The molecule has 0 bridgehead atoms. The number of benzene rings is 2. The van der Waals surface area contributed by atoms with Crippen molar-refractivity contribution in [3.8, 4) is 0 Å². The Balaban J connectivity index is 1.56. The Kier molecular flexibility index (Phi) is 8.03. The standard InChI is InChI=1S/C25H33N3O2/c1-3-14-28(19-22-12-10-21(2)11-13-22)24(29)20-26-15-7-16-27(18-17-26)25(30)23-8-5-4-6-9-23/h4-6,8-13H,3,7,14-20H2,1-2H3. The summed E-state index contributed by atoms with van der Waals surface area (Å²) in [5, 5.41) is 0. The van der Waals surface area contributed by atoms with E-state index in [2.05, 4.69) is 43.0 Å². The molecule has 0 spiro atoms. The smallest absolute Gasteiger partial charge is 0.253 e. The monoisotopic (exact) mass is 407 g/mol. The fourth-order valence-corrected chi connectivity index (χ4v) is 3.86. The van der Waals surface area contributed by atoms with Gasteiger partial charge in [0, 0.05) is 44.8 Å². The predicted octanol–water partition coefficient (Wildman–Crippen LogP) is 3.58. The highest BCUT2D eigenvalue weighted by molar-refractivity contribution is 5.94. The minimum Gasteiger partial charge on any atom is -0.337 e. The van der Waals surface area contributed by atoms with E-state index in [1.807, 2.05) is 40.1 Å². The molecule has 3 rings (SSSR count). The van der Waals surface area contributed by atoms with E-state index in [1.165, 1.54) is 5.56 Å². The largest absolute Gasteiger partial charge is 0.337 e. The molecule has 1 aliphatic rings. The fraction of sp³-hybridized carbons (Fsp3) is 0.440. The molecule has 0 aliphatic carbocycles. The van der Waals surface area contributed by atoms with Crippen LogP contribution in [-0.2, 0) is 11.3 Å². The zero-order valence-corrected chi connectivity index (χ0v) is 18.2. The van der Waals surface area contributed by atoms with Crippen molar-refractivity contribution in [2.45, 2.75) is 33.2 Å². The van der Waals surface area contributed by atoms with Gasteiger partial charge in [-0.3, -0.25) is 14.5 Å². The maximum atomic E-state index is 13.0. The molecule has 2 aromatic rings. The summed E-state index contributed by atoms with van der Waals surface area (Å²) in [6.45, 7) is 8.98. The molecule has 30 heavy (non-hydrogen) atoms. The number of carbonyl (C=O) groups excluding carboxylic acids is 2. The molecular formula is C25H33N3O2. The Morgan fingerprint density at radius 3 is 2.37 bits per heavy atom. The van der Waals surface area contributed by atoms with E-state index in [1.54, 1.807) is 0 Å². The third kappa shape index (κ3) is 6.17. The number of nitrogens with zero attached hydrogens (tertiary/aromatic N) is 3. The summed E-state index contributed by atoms with van der Waals surface area (Å²) in [5.41, 5.74) is 3.12. The molecule has 5 nitrogen and oxygen atoms in total. The van der Waals surface area contributed by atoms with E-state index in [-0.39, 0.29) is 11.8 Å². The van der Waals surface area contributed by atoms with Crippen LogP contribution in [0.1, 0.15) is 41.3 Å². The lowest BCUT2D eigenvalue weighted by molar-refractivity contribution is -0.133. The highest BCUT2D eigenvalue weighted by atomic mass is 16.2. The third-order valence-electron chi connectivity index (χ3n) is 5.60. The molecule has 0 radical (unpaired) electrons. The molecule has 1 saturated heterocycles. The van der Waals surface area contributed by atoms with Gasteiger partial charge in [0.2, 0.25) is 5.91 Å². The number of amides is 2. The summed E-state index contributed by atoms with van der Waals surface area (Å²) in [4.78, 5) is 31.8. The van der Waals surface area contributed by atoms with Gasteiger partial charge >= 0.3 is 0 Å². The molecule has 0 saturated carbocycles. The maximum Gasteiger partial charge on any atom is 0.253 e. The van der Waals surface area contributed by atoms with Crippen LogP contribution in [0.4, 0.5) is 0 Å². The second kappa shape index (κ2) is 10.9. The first-order valence-electron chi connectivity index (χ1n) is 11.0. The van der Waals surface area contributed by atoms with Gasteiger partial charge in [-0.15, -0.1) is 0 Å². The lowest BCUT2D eigenvalue weighted by Gasteiger charge is -2.27. The predicted molar refractivity (Wildman–Crippen MR) is 120 cm³/mol. The zero-order valence-electron chi connectivity index (χ0n) is 18.2. The van der Waals surface area contributed by atoms with Gasteiger partial charge in [0.15, 0.2) is 0 Å². The van der Waals surface area contributed by atoms with E-state index >= 15 is 0 Å². The van der Waals surface area contributed by atoms with Crippen molar-refractivity contribution in [1.29, 1.82) is 0 Å². The Morgan fingerprint density at radius 1 is 0.933 bits per heavy atom. The minimum atomic E-state index is 0.0794. The van der Waals surface area contributed by atoms with Gasteiger partial charge in [-0.05, 0) is 37.5 Å². The summed E-state index contributed by atoms with van der Waals surface area (Å²) < 4.78 is 0. The summed E-state index contributed by atoms with van der Waals surface area (Å²) in [7, 11) is 0. The van der Waals surface area contributed by atoms with Gasteiger partial charge < -0.3 is 9.80 Å². The van der Waals surface area contributed by atoms with Gasteiger partial charge in [-0.1, -0.05) is 55.0 Å². The topological polar surface area (TPSA) is 43.9 Å². The summed E-state index contributed by atoms with van der Waals surface area (Å²) in [5.74, 6) is 0.246. The minimum absolute atomic E-state index is 0.0794. The molecule has 0 unspecified atom stereocenters. The van der Waals surface area contributed by atoms with Crippen molar-refractivity contribution >= 4 is 11.8 Å². The molecule has 1 heterocycles. The number of hydrogen-bond donors (Lipinski definition) is 0. The average Bonchev–Trinajstić information content (AvgIpc) is 3.00. The maximum absolute atomic E-state index is 13.0. The lowest BCUT2D eigenvalue weighted by atomic mass is 10.1. The van der Waals surface area contributed by atoms with Crippen LogP contribution in [0.5, 0.6) is 0 Å². The van der Waals surface area contributed by atoms with Crippen molar-refractivity contribution in [1.82, 2.24) is 14.7 Å². The highest BCUT2D eigenvalue weighted by Gasteiger charge is 2.23. The van der Waals surface area contributed by atoms with Crippen LogP contribution in [0.15, 0.2) is 54.6 Å². The fourth-order valence-electron chi connectivity index (χ4n) is 3.86. The molecule has 1 aliphatic heterocycles. The van der Waals surface area contributed by atoms with Crippen molar-refractivity contribution < 1.29 is 9.59 Å². The van der Waals surface area contributed by atoms with Crippen LogP contribution in [0, 0.1) is 6.92 Å². The van der Waals surface area contributed by atoms with Gasteiger partial charge in [0.05, 0.1) is 6.54 Å². The van der Waals surface area contributed by atoms with Crippen molar-refractivity contribution in [2.24, 2.45) is 0 Å². The van der Waals surface area contributed by atoms with Gasteiger partial charge in [-0.2, -0.15) is 0 Å². The molecule has 0 N–H and O–H groups in total. The van der Waals surface area contributed by atoms with Crippen LogP contribution >= 0.6 is 0 Å². The van der Waals surface area contributed by atoms with E-state index in [4.69, 9.17) is 0 Å². The lowest BCUT2D eigenvalue weighted by Crippen LogP contribution is -2.42. The van der Waals surface area contributed by atoms with Gasteiger partial charge in [0.25, 0.3) is 5.91 Å². The van der Waals surface area contributed by atoms with E-state index in [0.717, 1.165) is 50.1 Å². The van der Waals surface area contributed by atoms with Crippen LogP contribution in [0.3, 0.4) is 0 Å². The quantitative estimate of drug-likeness (QED) is 0.705. The van der Waals surface area contributed by atoms with Crippen molar-refractivity contribution in [2.75, 3.05) is 39.3 Å². The molecule has 1 fully saturated rings. The van der Waals surface area contributed by atoms with Crippen LogP contribution < -0.4 is 0 Å². The van der Waals surface area contributed by atoms with Gasteiger partial charge in [-0.25, -0.2) is 0 Å². The number of carbonyl (C=O) groups is 2. The Morgan fingerprint density at radius 2 is 1.67 bits per heavy atom. The SMILES string of the molecule is CCCN(Cc1ccc(C)cc1)C(=O)CN1CCCN(C(=O)c2ccccc2)CC1. The number of hydrogen-bond acceptors (Lipinski definition) is 3. The summed E-state index contributed by atoms with van der Waals surface area (Å²) in [6, 6.07) is 17.8. The van der Waals surface area contributed by atoms with Gasteiger partial charge in [0.1, 0.15) is 0 Å². The zero-order chi connectivity index (χ0) is 21.3. The Labute approximate surface area is 180 Å². The third-order valence-corrected chi connectivity index (χ3v) is 5.60. The second-order valence-corrected chi connectivity index (χ2v) is 8.09. The molecule has 0 atom stereocenters. The van der Waals surface area contributed by atoms with Crippen LogP contribution in [0.2, 0.25) is 0 Å². The van der Waals surface area contributed by atoms with Crippen LogP contribution in [0.25, 0.3) is 0 Å². The molecule has 0 aromatic heterocycles. The summed E-state index contributed by atoms with van der Waals surface area (Å²) >= 11 is 0. The van der Waals surface area contributed by atoms with E-state index in [0.29, 0.717) is 19.6 Å². The Hall–Kier alpha value is -2.66. The van der Waals surface area contributed by atoms with Crippen molar-refractivity contribution in [3.05, 3.63) is 71.3 Å². The van der Waals surface area contributed by atoms with E-state index in [9.17, 15) is 9.59 Å². The highest BCUT2D eigenvalue weighted by Crippen LogP contribution is 2.12. The Bertz CT molecular complexity index is 820. The van der Waals surface area contributed by atoms with E-state index < -0.39 is 0 Å². The second-order valence-electron chi connectivity index (χ2n) is 8.09. The normalized spacial score (nSPS) is 14.9. The molecule has 5 heteroatoms. The van der Waals surface area contributed by atoms with Crippen molar-refractivity contribution in [3.63, 3.8) is 0 Å². The molecule has 2 aromatic carbocycles. The summed E-state index contributed by atoms with van der Waals surface area (Å²) in [6.07, 6.45) is 1.83. The first kappa shape index (κ1) is 22.0. The number of aryl methyl sites for hydroxylation is 1. The van der Waals surface area contributed by atoms with Crippen LogP contribution in [-0.4, -0.2) is 65.8 Å². The number of rotatable bonds is 7. The average molecular weight is 408 g/mol.